The predicted octanol–water partition coefficient (Wildman–Crippen LogP) is 2.23. The fourth-order valence-electron chi connectivity index (χ4n) is 1.90. The standard InChI is InChI=1S/C15H34N2O3S/c1-4-5-6-7-8-9-15-21(18,19)16-11-10-13-20-14-12-17(2)3/h16H,4-15H2,1-3H3. The maximum atomic E-state index is 11.7. The fraction of sp³-hybridized carbons (Fsp3) is 1.00. The Bertz CT molecular complexity index is 319. The number of likely N-dealkylation sites (N-methyl/N-ethyl adjacent to an activating group) is 1. The molecule has 6 heteroatoms. The monoisotopic (exact) mass is 322 g/mol. The minimum absolute atomic E-state index is 0.251. The van der Waals surface area contributed by atoms with Gasteiger partial charge in [-0.1, -0.05) is 39.0 Å². The molecule has 0 unspecified atom stereocenters. The van der Waals surface area contributed by atoms with E-state index in [0.29, 0.717) is 19.8 Å². The SMILES string of the molecule is CCCCCCCCS(=O)(=O)NCCCOCCN(C)C. The van der Waals surface area contributed by atoms with Gasteiger partial charge in [-0.15, -0.1) is 0 Å². The molecule has 21 heavy (non-hydrogen) atoms. The highest BCUT2D eigenvalue weighted by molar-refractivity contribution is 7.89. The molecule has 0 aliphatic carbocycles. The second kappa shape index (κ2) is 13.5. The molecule has 0 aromatic rings. The summed E-state index contributed by atoms with van der Waals surface area (Å²) in [5.74, 6) is 0.251. The van der Waals surface area contributed by atoms with Gasteiger partial charge in [-0.25, -0.2) is 13.1 Å². The predicted molar refractivity (Wildman–Crippen MR) is 89.2 cm³/mol. The summed E-state index contributed by atoms with van der Waals surface area (Å²) in [5, 5.41) is 0. The summed E-state index contributed by atoms with van der Waals surface area (Å²) in [6.45, 7) is 4.84. The van der Waals surface area contributed by atoms with Crippen molar-refractivity contribution in [3.63, 3.8) is 0 Å². The summed E-state index contributed by atoms with van der Waals surface area (Å²) < 4.78 is 31.5. The third kappa shape index (κ3) is 16.0. The Labute approximate surface area is 131 Å². The number of nitrogens with zero attached hydrogens (tertiary/aromatic N) is 1. The lowest BCUT2D eigenvalue weighted by Crippen LogP contribution is -2.28. The lowest BCUT2D eigenvalue weighted by Gasteiger charge is -2.10. The maximum Gasteiger partial charge on any atom is 0.211 e. The molecule has 0 saturated carbocycles. The Morgan fingerprint density at radius 1 is 0.952 bits per heavy atom. The normalized spacial score (nSPS) is 12.2. The van der Waals surface area contributed by atoms with Crippen molar-refractivity contribution in [1.29, 1.82) is 0 Å². The van der Waals surface area contributed by atoms with Crippen molar-refractivity contribution < 1.29 is 13.2 Å². The van der Waals surface area contributed by atoms with Crippen molar-refractivity contribution in [1.82, 2.24) is 9.62 Å². The zero-order valence-electron chi connectivity index (χ0n) is 14.1. The van der Waals surface area contributed by atoms with E-state index in [1.54, 1.807) is 0 Å². The van der Waals surface area contributed by atoms with Crippen molar-refractivity contribution in [3.05, 3.63) is 0 Å². The van der Waals surface area contributed by atoms with E-state index in [1.165, 1.54) is 19.3 Å². The van der Waals surface area contributed by atoms with E-state index in [0.717, 1.165) is 32.2 Å². The van der Waals surface area contributed by atoms with Gasteiger partial charge in [0.1, 0.15) is 0 Å². The molecule has 1 N–H and O–H groups in total. The van der Waals surface area contributed by atoms with Gasteiger partial charge in [-0.3, -0.25) is 0 Å². The van der Waals surface area contributed by atoms with Gasteiger partial charge >= 0.3 is 0 Å². The maximum absolute atomic E-state index is 11.7. The van der Waals surface area contributed by atoms with E-state index in [1.807, 2.05) is 14.1 Å². The van der Waals surface area contributed by atoms with Crippen molar-refractivity contribution >= 4 is 10.0 Å². The Morgan fingerprint density at radius 2 is 1.62 bits per heavy atom. The zero-order valence-corrected chi connectivity index (χ0v) is 14.9. The minimum Gasteiger partial charge on any atom is -0.380 e. The molecule has 0 heterocycles. The summed E-state index contributed by atoms with van der Waals surface area (Å²) in [7, 11) is 0.905. The molecular formula is C15H34N2O3S. The van der Waals surface area contributed by atoms with Crippen LogP contribution in [0.15, 0.2) is 0 Å². The molecule has 0 aromatic heterocycles. The summed E-state index contributed by atoms with van der Waals surface area (Å²) in [4.78, 5) is 2.06. The van der Waals surface area contributed by atoms with Crippen LogP contribution in [0.4, 0.5) is 0 Å². The van der Waals surface area contributed by atoms with E-state index in [9.17, 15) is 8.42 Å². The molecular weight excluding hydrogens is 288 g/mol. The first-order valence-corrected chi connectivity index (χ1v) is 9.83. The van der Waals surface area contributed by atoms with E-state index in [2.05, 4.69) is 16.5 Å². The second-order valence-corrected chi connectivity index (χ2v) is 7.68. The molecule has 0 spiro atoms. The van der Waals surface area contributed by atoms with Crippen molar-refractivity contribution in [2.75, 3.05) is 46.2 Å². The summed E-state index contributed by atoms with van der Waals surface area (Å²) in [6.07, 6.45) is 7.32. The Kier molecular flexibility index (Phi) is 13.4. The lowest BCUT2D eigenvalue weighted by atomic mass is 10.1. The molecule has 0 aliphatic heterocycles. The molecule has 0 saturated heterocycles. The molecule has 128 valence electrons. The minimum atomic E-state index is -3.09. The smallest absolute Gasteiger partial charge is 0.211 e. The first-order chi connectivity index (χ1) is 9.98. The van der Waals surface area contributed by atoms with Gasteiger partial charge in [-0.05, 0) is 26.9 Å². The average molecular weight is 323 g/mol. The van der Waals surface area contributed by atoms with Crippen LogP contribution in [0.3, 0.4) is 0 Å². The van der Waals surface area contributed by atoms with E-state index < -0.39 is 10.0 Å². The zero-order chi connectivity index (χ0) is 16.0. The van der Waals surface area contributed by atoms with E-state index in [-0.39, 0.29) is 5.75 Å². The highest BCUT2D eigenvalue weighted by Gasteiger charge is 2.08. The number of ether oxygens (including phenoxy) is 1. The second-order valence-electron chi connectivity index (χ2n) is 5.75. The van der Waals surface area contributed by atoms with Crippen LogP contribution in [-0.4, -0.2) is 59.5 Å². The van der Waals surface area contributed by atoms with Gasteiger partial charge in [0.25, 0.3) is 0 Å². The van der Waals surface area contributed by atoms with Crippen molar-refractivity contribution in [3.8, 4) is 0 Å². The number of hydrogen-bond acceptors (Lipinski definition) is 4. The topological polar surface area (TPSA) is 58.6 Å². The number of hydrogen-bond donors (Lipinski definition) is 1. The van der Waals surface area contributed by atoms with Gasteiger partial charge in [0.05, 0.1) is 12.4 Å². The molecule has 0 rings (SSSR count). The molecule has 0 aliphatic rings. The van der Waals surface area contributed by atoms with Crippen LogP contribution < -0.4 is 4.72 Å². The van der Waals surface area contributed by atoms with Gasteiger partial charge < -0.3 is 9.64 Å². The van der Waals surface area contributed by atoms with Crippen LogP contribution >= 0.6 is 0 Å². The molecule has 5 nitrogen and oxygen atoms in total. The van der Waals surface area contributed by atoms with Crippen LogP contribution in [0.25, 0.3) is 0 Å². The van der Waals surface area contributed by atoms with E-state index >= 15 is 0 Å². The van der Waals surface area contributed by atoms with Crippen LogP contribution in [0.1, 0.15) is 51.9 Å². The lowest BCUT2D eigenvalue weighted by molar-refractivity contribution is 0.116. The molecule has 0 radical (unpaired) electrons. The van der Waals surface area contributed by atoms with Gasteiger partial charge in [0.15, 0.2) is 0 Å². The summed E-state index contributed by atoms with van der Waals surface area (Å²) >= 11 is 0. The van der Waals surface area contributed by atoms with Crippen molar-refractivity contribution in [2.45, 2.75) is 51.9 Å². The Balaban J connectivity index is 3.43. The van der Waals surface area contributed by atoms with Crippen molar-refractivity contribution in [2.24, 2.45) is 0 Å². The quantitative estimate of drug-likeness (QED) is 0.470. The first kappa shape index (κ1) is 20.8. The van der Waals surface area contributed by atoms with Crippen LogP contribution in [0.5, 0.6) is 0 Å². The molecule has 0 amide bonds. The number of nitrogens with one attached hydrogen (secondary N) is 1. The van der Waals surface area contributed by atoms with Gasteiger partial charge in [0, 0.05) is 19.7 Å². The molecule has 0 bridgehead atoms. The summed E-state index contributed by atoms with van der Waals surface area (Å²) in [6, 6.07) is 0. The highest BCUT2D eigenvalue weighted by Crippen LogP contribution is 2.05. The third-order valence-electron chi connectivity index (χ3n) is 3.24. The fourth-order valence-corrected chi connectivity index (χ4v) is 3.08. The Morgan fingerprint density at radius 3 is 2.29 bits per heavy atom. The number of rotatable bonds is 15. The average Bonchev–Trinajstić information content (AvgIpc) is 2.41. The number of unbranched alkanes of at least 4 members (excludes halogenated alkanes) is 5. The van der Waals surface area contributed by atoms with E-state index in [4.69, 9.17) is 4.74 Å². The first-order valence-electron chi connectivity index (χ1n) is 8.17. The molecule has 0 atom stereocenters. The van der Waals surface area contributed by atoms with Crippen LogP contribution in [0, 0.1) is 0 Å². The summed E-state index contributed by atoms with van der Waals surface area (Å²) in [5.41, 5.74) is 0. The highest BCUT2D eigenvalue weighted by atomic mass is 32.2. The van der Waals surface area contributed by atoms with Crippen LogP contribution in [0.2, 0.25) is 0 Å². The Hall–Kier alpha value is -0.170. The van der Waals surface area contributed by atoms with Gasteiger partial charge in [0.2, 0.25) is 10.0 Å². The third-order valence-corrected chi connectivity index (χ3v) is 4.71. The van der Waals surface area contributed by atoms with Crippen LogP contribution in [-0.2, 0) is 14.8 Å². The number of sulfonamides is 1. The largest absolute Gasteiger partial charge is 0.380 e. The molecule has 0 aromatic carbocycles. The molecule has 0 fully saturated rings. The van der Waals surface area contributed by atoms with Gasteiger partial charge in [-0.2, -0.15) is 0 Å².